The minimum Gasteiger partial charge on any atom is -0.336 e. The molecule has 1 saturated heterocycles. The van der Waals surface area contributed by atoms with Crippen LogP contribution in [0.4, 0.5) is 8.78 Å². The lowest BCUT2D eigenvalue weighted by molar-refractivity contribution is 0.0764. The number of thioether (sulfide) groups is 1. The highest BCUT2D eigenvalue weighted by Gasteiger charge is 2.30. The van der Waals surface area contributed by atoms with Crippen molar-refractivity contribution in [2.24, 2.45) is 7.05 Å². The molecule has 0 saturated carbocycles. The summed E-state index contributed by atoms with van der Waals surface area (Å²) >= 11 is 1.87. The molecule has 28 heavy (non-hydrogen) atoms. The lowest BCUT2D eigenvalue weighted by atomic mass is 9.91. The third kappa shape index (κ3) is 3.93. The van der Waals surface area contributed by atoms with Crippen LogP contribution in [0, 0.1) is 11.6 Å². The zero-order valence-electron chi connectivity index (χ0n) is 15.9. The van der Waals surface area contributed by atoms with E-state index in [9.17, 15) is 13.6 Å². The number of carbonyl (C=O) groups is 1. The normalized spacial score (nSPS) is 19.5. The summed E-state index contributed by atoms with van der Waals surface area (Å²) in [6.07, 6.45) is 2.41. The average Bonchev–Trinajstić information content (AvgIpc) is 3.03. The number of nitrogens with one attached hydrogen (secondary N) is 1. The predicted octanol–water partition coefficient (Wildman–Crippen LogP) is 2.53. The van der Waals surface area contributed by atoms with Gasteiger partial charge in [-0.2, -0.15) is 16.9 Å². The zero-order chi connectivity index (χ0) is 19.7. The first kappa shape index (κ1) is 19.4. The van der Waals surface area contributed by atoms with Gasteiger partial charge >= 0.3 is 0 Å². The van der Waals surface area contributed by atoms with Crippen molar-refractivity contribution in [1.29, 1.82) is 0 Å². The van der Waals surface area contributed by atoms with Gasteiger partial charge in [-0.1, -0.05) is 6.07 Å². The van der Waals surface area contributed by atoms with E-state index in [1.54, 1.807) is 0 Å². The predicted molar refractivity (Wildman–Crippen MR) is 105 cm³/mol. The fourth-order valence-electron chi connectivity index (χ4n) is 3.97. The van der Waals surface area contributed by atoms with Gasteiger partial charge in [-0.25, -0.2) is 8.78 Å². The van der Waals surface area contributed by atoms with E-state index in [1.807, 2.05) is 28.4 Å². The number of rotatable bonds is 4. The Morgan fingerprint density at radius 2 is 2.11 bits per heavy atom. The van der Waals surface area contributed by atoms with Gasteiger partial charge in [-0.15, -0.1) is 0 Å². The molecule has 1 atom stereocenters. The number of nitrogens with zero attached hydrogens (tertiary/aromatic N) is 3. The molecule has 0 bridgehead atoms. The molecule has 1 amide bonds. The molecule has 1 aromatic heterocycles. The standard InChI is InChI=1S/C20H24F2N4OS/c1-25-18-5-4-15(23-12-13-2-3-14(21)10-17(13)22)11-16(18)19(24-25)20(27)26-6-8-28-9-7-26/h2-3,10,15,23H,4-9,11-12H2,1H3/t15-/m1/s1. The number of fused-ring (bicyclic) bond motifs is 1. The van der Waals surface area contributed by atoms with Crippen LogP contribution in [-0.2, 0) is 26.4 Å². The van der Waals surface area contributed by atoms with Crippen LogP contribution in [0.3, 0.4) is 0 Å². The maximum atomic E-state index is 13.9. The molecule has 0 unspecified atom stereocenters. The van der Waals surface area contributed by atoms with Crippen molar-refractivity contribution >= 4 is 17.7 Å². The molecule has 1 N–H and O–H groups in total. The summed E-state index contributed by atoms with van der Waals surface area (Å²) in [5.74, 6) is 0.840. The maximum Gasteiger partial charge on any atom is 0.274 e. The van der Waals surface area contributed by atoms with Gasteiger partial charge in [0.15, 0.2) is 5.69 Å². The third-order valence-corrected chi connectivity index (χ3v) is 6.49. The van der Waals surface area contributed by atoms with Crippen LogP contribution in [-0.4, -0.2) is 51.2 Å². The van der Waals surface area contributed by atoms with Crippen molar-refractivity contribution in [3.05, 3.63) is 52.3 Å². The van der Waals surface area contributed by atoms with Crippen molar-refractivity contribution in [1.82, 2.24) is 20.0 Å². The third-order valence-electron chi connectivity index (χ3n) is 5.55. The largest absolute Gasteiger partial charge is 0.336 e. The van der Waals surface area contributed by atoms with Crippen LogP contribution in [0.25, 0.3) is 0 Å². The summed E-state index contributed by atoms with van der Waals surface area (Å²) < 4.78 is 28.8. The Bertz CT molecular complexity index is 879. The molecule has 0 spiro atoms. The Labute approximate surface area is 167 Å². The van der Waals surface area contributed by atoms with Crippen molar-refractivity contribution in [3.8, 4) is 0 Å². The minimum absolute atomic E-state index is 0.0161. The van der Waals surface area contributed by atoms with E-state index in [1.165, 1.54) is 12.1 Å². The lowest BCUT2D eigenvalue weighted by Crippen LogP contribution is -2.39. The summed E-state index contributed by atoms with van der Waals surface area (Å²) in [6.45, 7) is 1.86. The Kier molecular flexibility index (Phi) is 5.68. The summed E-state index contributed by atoms with van der Waals surface area (Å²) in [5.41, 5.74) is 3.12. The van der Waals surface area contributed by atoms with E-state index in [0.29, 0.717) is 24.2 Å². The van der Waals surface area contributed by atoms with Gasteiger partial charge in [0.25, 0.3) is 5.91 Å². The van der Waals surface area contributed by atoms with Gasteiger partial charge in [0, 0.05) is 67.1 Å². The highest BCUT2D eigenvalue weighted by molar-refractivity contribution is 7.99. The molecule has 4 rings (SSSR count). The number of hydrogen-bond donors (Lipinski definition) is 1. The van der Waals surface area contributed by atoms with Crippen molar-refractivity contribution < 1.29 is 13.6 Å². The molecule has 1 aliphatic heterocycles. The highest BCUT2D eigenvalue weighted by Crippen LogP contribution is 2.26. The number of amides is 1. The minimum atomic E-state index is -0.571. The van der Waals surface area contributed by atoms with E-state index in [0.717, 1.165) is 54.8 Å². The van der Waals surface area contributed by atoms with Crippen LogP contribution < -0.4 is 5.32 Å². The van der Waals surface area contributed by atoms with E-state index in [-0.39, 0.29) is 11.9 Å². The summed E-state index contributed by atoms with van der Waals surface area (Å²) in [6, 6.07) is 3.78. The maximum absolute atomic E-state index is 13.9. The fourth-order valence-corrected chi connectivity index (χ4v) is 4.87. The molecule has 1 aromatic carbocycles. The molecule has 2 aromatic rings. The first-order valence-corrected chi connectivity index (χ1v) is 10.8. The quantitative estimate of drug-likeness (QED) is 0.848. The van der Waals surface area contributed by atoms with E-state index in [2.05, 4.69) is 10.4 Å². The molecule has 5 nitrogen and oxygen atoms in total. The monoisotopic (exact) mass is 406 g/mol. The highest BCUT2D eigenvalue weighted by atomic mass is 32.2. The lowest BCUT2D eigenvalue weighted by Gasteiger charge is -2.27. The molecule has 150 valence electrons. The fraction of sp³-hybridized carbons (Fsp3) is 0.500. The second kappa shape index (κ2) is 8.21. The first-order valence-electron chi connectivity index (χ1n) is 9.62. The number of hydrogen-bond acceptors (Lipinski definition) is 4. The van der Waals surface area contributed by atoms with Gasteiger partial charge in [0.2, 0.25) is 0 Å². The van der Waals surface area contributed by atoms with Crippen LogP contribution in [0.1, 0.15) is 33.7 Å². The number of benzene rings is 1. The van der Waals surface area contributed by atoms with Crippen molar-refractivity contribution in [3.63, 3.8) is 0 Å². The van der Waals surface area contributed by atoms with Gasteiger partial charge in [0.1, 0.15) is 11.6 Å². The Hall–Kier alpha value is -1.93. The molecule has 1 aliphatic carbocycles. The number of aryl methyl sites for hydroxylation is 1. The van der Waals surface area contributed by atoms with Gasteiger partial charge in [-0.3, -0.25) is 9.48 Å². The molecule has 8 heteroatoms. The zero-order valence-corrected chi connectivity index (χ0v) is 16.7. The van der Waals surface area contributed by atoms with Crippen LogP contribution >= 0.6 is 11.8 Å². The summed E-state index contributed by atoms with van der Waals surface area (Å²) in [7, 11) is 1.89. The van der Waals surface area contributed by atoms with Crippen LogP contribution in [0.15, 0.2) is 18.2 Å². The number of halogens is 2. The summed E-state index contributed by atoms with van der Waals surface area (Å²) in [5, 5.41) is 7.90. The number of aromatic nitrogens is 2. The average molecular weight is 407 g/mol. The Balaban J connectivity index is 1.47. The van der Waals surface area contributed by atoms with E-state index >= 15 is 0 Å². The van der Waals surface area contributed by atoms with Gasteiger partial charge < -0.3 is 10.2 Å². The van der Waals surface area contributed by atoms with Crippen LogP contribution in [0.2, 0.25) is 0 Å². The molecule has 2 aliphatic rings. The number of carbonyl (C=O) groups excluding carboxylic acids is 1. The van der Waals surface area contributed by atoms with Crippen molar-refractivity contribution in [2.75, 3.05) is 24.6 Å². The van der Waals surface area contributed by atoms with Crippen LogP contribution in [0.5, 0.6) is 0 Å². The van der Waals surface area contributed by atoms with E-state index < -0.39 is 11.6 Å². The summed E-state index contributed by atoms with van der Waals surface area (Å²) in [4.78, 5) is 14.9. The smallest absolute Gasteiger partial charge is 0.274 e. The molecular formula is C20H24F2N4OS. The second-order valence-electron chi connectivity index (χ2n) is 7.36. The second-order valence-corrected chi connectivity index (χ2v) is 8.58. The topological polar surface area (TPSA) is 50.2 Å². The van der Waals surface area contributed by atoms with E-state index in [4.69, 9.17) is 0 Å². The Morgan fingerprint density at radius 1 is 1.32 bits per heavy atom. The molecular weight excluding hydrogens is 382 g/mol. The molecule has 0 radical (unpaired) electrons. The molecule has 2 heterocycles. The Morgan fingerprint density at radius 3 is 2.86 bits per heavy atom. The first-order chi connectivity index (χ1) is 13.5. The SMILES string of the molecule is Cn1nc(C(=O)N2CCSCC2)c2c1CC[C@@H](NCc1ccc(F)cc1F)C2. The van der Waals surface area contributed by atoms with Gasteiger partial charge in [-0.05, 0) is 25.3 Å². The molecule has 1 fully saturated rings. The van der Waals surface area contributed by atoms with Crippen molar-refractivity contribution in [2.45, 2.75) is 31.8 Å². The van der Waals surface area contributed by atoms with Gasteiger partial charge in [0.05, 0.1) is 0 Å².